The van der Waals surface area contributed by atoms with Gasteiger partial charge in [-0.3, -0.25) is 0 Å². The van der Waals surface area contributed by atoms with Gasteiger partial charge in [0.25, 0.3) is 0 Å². The van der Waals surface area contributed by atoms with E-state index < -0.39 is 6.10 Å². The van der Waals surface area contributed by atoms with Crippen molar-refractivity contribution in [1.29, 1.82) is 0 Å². The highest BCUT2D eigenvalue weighted by atomic mass is 32.2. The molecule has 2 nitrogen and oxygen atoms in total. The highest BCUT2D eigenvalue weighted by Gasteiger charge is 2.04. The average molecular weight is 215 g/mol. The Bertz CT molecular complexity index is 283. The predicted octanol–water partition coefficient (Wildman–Crippen LogP) is 1.63. The summed E-state index contributed by atoms with van der Waals surface area (Å²) in [5.41, 5.74) is 5.25. The number of thioether (sulfide) groups is 1. The Hall–Kier alpha value is -0.580. The largest absolute Gasteiger partial charge is 0.392 e. The zero-order chi connectivity index (χ0) is 10.4. The van der Waals surface area contributed by atoms with Gasteiger partial charge >= 0.3 is 0 Å². The van der Waals surface area contributed by atoms with Crippen LogP contribution in [0.3, 0.4) is 0 Å². The molecule has 78 valence electrons. The van der Waals surface area contributed by atoms with Crippen LogP contribution in [0.25, 0.3) is 0 Å². The van der Waals surface area contributed by atoms with Crippen molar-refractivity contribution in [2.75, 3.05) is 12.3 Å². The highest BCUT2D eigenvalue weighted by molar-refractivity contribution is 7.99. The molecule has 0 fully saturated rings. The summed E-state index contributed by atoms with van der Waals surface area (Å²) in [5.74, 6) is 0.471. The van der Waals surface area contributed by atoms with Crippen LogP contribution in [0.5, 0.6) is 0 Å². The summed E-state index contributed by atoms with van der Waals surface area (Å²) in [6, 6.07) is 6.62. The number of rotatable bonds is 5. The summed E-state index contributed by atoms with van der Waals surface area (Å²) in [6.45, 7) is 0.262. The Morgan fingerprint density at radius 1 is 1.43 bits per heavy atom. The van der Waals surface area contributed by atoms with Gasteiger partial charge in [-0.25, -0.2) is 4.39 Å². The van der Waals surface area contributed by atoms with E-state index in [9.17, 15) is 9.50 Å². The van der Waals surface area contributed by atoms with E-state index in [-0.39, 0.29) is 12.4 Å². The fourth-order valence-electron chi connectivity index (χ4n) is 0.985. The predicted molar refractivity (Wildman–Crippen MR) is 56.8 cm³/mol. The molecule has 0 aliphatic rings. The van der Waals surface area contributed by atoms with Crippen molar-refractivity contribution < 1.29 is 9.50 Å². The number of nitrogens with two attached hydrogens (primary N) is 1. The van der Waals surface area contributed by atoms with Crippen LogP contribution in [0, 0.1) is 5.82 Å². The molecule has 1 atom stereocenters. The first kappa shape index (κ1) is 11.5. The minimum atomic E-state index is -0.478. The van der Waals surface area contributed by atoms with Crippen molar-refractivity contribution in [1.82, 2.24) is 0 Å². The Morgan fingerprint density at radius 3 is 2.79 bits per heavy atom. The molecule has 0 saturated heterocycles. The molecule has 4 heteroatoms. The van der Waals surface area contributed by atoms with Crippen molar-refractivity contribution in [3.8, 4) is 0 Å². The molecule has 0 spiro atoms. The van der Waals surface area contributed by atoms with Crippen molar-refractivity contribution in [2.24, 2.45) is 5.73 Å². The first-order valence-electron chi connectivity index (χ1n) is 4.49. The lowest BCUT2D eigenvalue weighted by Gasteiger charge is -2.06. The first-order chi connectivity index (χ1) is 6.74. The quantitative estimate of drug-likeness (QED) is 0.734. The van der Waals surface area contributed by atoms with Gasteiger partial charge in [-0.1, -0.05) is 12.1 Å². The maximum absolute atomic E-state index is 13.1. The van der Waals surface area contributed by atoms with Gasteiger partial charge in [-0.2, -0.15) is 0 Å². The third kappa shape index (κ3) is 3.65. The topological polar surface area (TPSA) is 46.2 Å². The molecule has 3 N–H and O–H groups in total. The highest BCUT2D eigenvalue weighted by Crippen LogP contribution is 2.21. The Kier molecular flexibility index (Phi) is 4.93. The van der Waals surface area contributed by atoms with E-state index in [4.69, 9.17) is 5.73 Å². The summed E-state index contributed by atoms with van der Waals surface area (Å²) in [5, 5.41) is 9.17. The Balaban J connectivity index is 2.35. The summed E-state index contributed by atoms with van der Waals surface area (Å²) < 4.78 is 13.1. The number of aliphatic hydroxyl groups excluding tert-OH is 1. The summed E-state index contributed by atoms with van der Waals surface area (Å²) in [6.07, 6.45) is 0.115. The van der Waals surface area contributed by atoms with E-state index in [1.54, 1.807) is 18.2 Å². The molecule has 14 heavy (non-hydrogen) atoms. The number of halogens is 1. The molecule has 0 bridgehead atoms. The minimum absolute atomic E-state index is 0.209. The lowest BCUT2D eigenvalue weighted by Crippen LogP contribution is -2.20. The zero-order valence-electron chi connectivity index (χ0n) is 7.82. The lowest BCUT2D eigenvalue weighted by atomic mass is 10.3. The third-order valence-corrected chi connectivity index (χ3v) is 2.90. The van der Waals surface area contributed by atoms with Gasteiger partial charge in [0.1, 0.15) is 5.82 Å². The summed E-state index contributed by atoms with van der Waals surface area (Å²) in [4.78, 5) is 0.622. The molecule has 0 saturated carbocycles. The van der Waals surface area contributed by atoms with Crippen LogP contribution in [0.1, 0.15) is 6.42 Å². The summed E-state index contributed by atoms with van der Waals surface area (Å²) in [7, 11) is 0. The fourth-order valence-corrected chi connectivity index (χ4v) is 1.98. The average Bonchev–Trinajstić information content (AvgIpc) is 2.20. The van der Waals surface area contributed by atoms with E-state index >= 15 is 0 Å². The van der Waals surface area contributed by atoms with E-state index in [2.05, 4.69) is 0 Å². The minimum Gasteiger partial charge on any atom is -0.392 e. The summed E-state index contributed by atoms with van der Waals surface area (Å²) >= 11 is 1.40. The molecule has 0 aromatic heterocycles. The number of benzene rings is 1. The normalized spacial score (nSPS) is 12.8. The van der Waals surface area contributed by atoms with Gasteiger partial charge < -0.3 is 10.8 Å². The molecule has 1 aromatic rings. The Morgan fingerprint density at radius 2 is 2.14 bits per heavy atom. The standard InChI is InChI=1S/C10H14FNOS/c11-9-3-1-2-4-10(9)14-6-5-8(13)7-12/h1-4,8,13H,5-7,12H2. The van der Waals surface area contributed by atoms with Gasteiger partial charge in [-0.05, 0) is 18.6 Å². The van der Waals surface area contributed by atoms with E-state index in [0.717, 1.165) is 0 Å². The van der Waals surface area contributed by atoms with Crippen LogP contribution in [0.4, 0.5) is 4.39 Å². The second-order valence-electron chi connectivity index (χ2n) is 2.96. The number of hydrogen-bond acceptors (Lipinski definition) is 3. The molecule has 1 rings (SSSR count). The molecular weight excluding hydrogens is 201 g/mol. The van der Waals surface area contributed by atoms with Crippen molar-refractivity contribution >= 4 is 11.8 Å². The molecule has 0 aliphatic heterocycles. The Labute approximate surface area is 87.3 Å². The smallest absolute Gasteiger partial charge is 0.136 e. The van der Waals surface area contributed by atoms with Gasteiger partial charge in [0, 0.05) is 17.2 Å². The van der Waals surface area contributed by atoms with Crippen molar-refractivity contribution in [3.63, 3.8) is 0 Å². The van der Waals surface area contributed by atoms with Gasteiger partial charge in [0.05, 0.1) is 6.10 Å². The van der Waals surface area contributed by atoms with E-state index in [1.807, 2.05) is 0 Å². The lowest BCUT2D eigenvalue weighted by molar-refractivity contribution is 0.180. The fraction of sp³-hybridized carbons (Fsp3) is 0.400. The first-order valence-corrected chi connectivity index (χ1v) is 5.48. The van der Waals surface area contributed by atoms with Gasteiger partial charge in [0.15, 0.2) is 0 Å². The van der Waals surface area contributed by atoms with Crippen LogP contribution in [-0.2, 0) is 0 Å². The second kappa shape index (κ2) is 6.01. The molecule has 0 amide bonds. The van der Waals surface area contributed by atoms with E-state index in [1.165, 1.54) is 17.8 Å². The maximum Gasteiger partial charge on any atom is 0.136 e. The van der Waals surface area contributed by atoms with Crippen LogP contribution in [0.2, 0.25) is 0 Å². The zero-order valence-corrected chi connectivity index (χ0v) is 8.64. The van der Waals surface area contributed by atoms with Crippen LogP contribution in [0.15, 0.2) is 29.2 Å². The maximum atomic E-state index is 13.1. The van der Waals surface area contributed by atoms with Crippen molar-refractivity contribution in [3.05, 3.63) is 30.1 Å². The molecular formula is C10H14FNOS. The molecule has 1 unspecified atom stereocenters. The van der Waals surface area contributed by atoms with Crippen LogP contribution >= 0.6 is 11.8 Å². The van der Waals surface area contributed by atoms with E-state index in [0.29, 0.717) is 17.1 Å². The molecule has 0 radical (unpaired) electrons. The van der Waals surface area contributed by atoms with Crippen molar-refractivity contribution in [2.45, 2.75) is 17.4 Å². The van der Waals surface area contributed by atoms with Crippen LogP contribution in [-0.4, -0.2) is 23.5 Å². The second-order valence-corrected chi connectivity index (χ2v) is 4.09. The van der Waals surface area contributed by atoms with Gasteiger partial charge in [0.2, 0.25) is 0 Å². The number of hydrogen-bond donors (Lipinski definition) is 2. The monoisotopic (exact) mass is 215 g/mol. The molecule has 1 aromatic carbocycles. The molecule has 0 aliphatic carbocycles. The third-order valence-electron chi connectivity index (χ3n) is 1.82. The molecule has 0 heterocycles. The SMILES string of the molecule is NCC(O)CCSc1ccccc1F. The number of aliphatic hydroxyl groups is 1. The van der Waals surface area contributed by atoms with Gasteiger partial charge in [-0.15, -0.1) is 11.8 Å². The van der Waals surface area contributed by atoms with Crippen LogP contribution < -0.4 is 5.73 Å².